The van der Waals surface area contributed by atoms with E-state index in [0.717, 1.165) is 12.8 Å². The van der Waals surface area contributed by atoms with Crippen molar-refractivity contribution in [1.29, 1.82) is 0 Å². The van der Waals surface area contributed by atoms with Crippen molar-refractivity contribution >= 4 is 12.4 Å². The van der Waals surface area contributed by atoms with Crippen molar-refractivity contribution in [2.24, 2.45) is 5.73 Å². The van der Waals surface area contributed by atoms with Crippen LogP contribution in [0.25, 0.3) is 0 Å². The van der Waals surface area contributed by atoms with E-state index in [1.54, 1.807) is 0 Å². The fourth-order valence-corrected chi connectivity index (χ4v) is 2.81. The van der Waals surface area contributed by atoms with Gasteiger partial charge in [0.1, 0.15) is 0 Å². The smallest absolute Gasteiger partial charge is 0.0688 e. The highest BCUT2D eigenvalue weighted by atomic mass is 35.5. The van der Waals surface area contributed by atoms with Crippen molar-refractivity contribution in [2.75, 3.05) is 0 Å². The summed E-state index contributed by atoms with van der Waals surface area (Å²) in [6.45, 7) is 4.16. The van der Waals surface area contributed by atoms with E-state index in [-0.39, 0.29) is 24.6 Å². The van der Waals surface area contributed by atoms with Crippen LogP contribution in [0, 0.1) is 0 Å². The summed E-state index contributed by atoms with van der Waals surface area (Å²) in [5, 5.41) is 9.59. The zero-order valence-electron chi connectivity index (χ0n) is 15.2. The molecule has 0 aliphatic carbocycles. The first kappa shape index (κ1) is 24.5. The van der Waals surface area contributed by atoms with Crippen LogP contribution >= 0.6 is 12.4 Å². The lowest BCUT2D eigenvalue weighted by molar-refractivity contribution is 0.138. The molecule has 0 amide bonds. The molecule has 2 atom stereocenters. The fraction of sp³-hybridized carbons (Fsp3) is 1.00. The third-order valence-corrected chi connectivity index (χ3v) is 4.46. The Bertz CT molecular complexity index is 200. The number of hydrogen-bond acceptors (Lipinski definition) is 2. The normalized spacial score (nSPS) is 13.6. The van der Waals surface area contributed by atoms with Crippen LogP contribution in [0.4, 0.5) is 0 Å². The third-order valence-electron chi connectivity index (χ3n) is 4.46. The number of rotatable bonds is 16. The summed E-state index contributed by atoms with van der Waals surface area (Å²) in [6.07, 6.45) is 19.8. The lowest BCUT2D eigenvalue weighted by atomic mass is 10.0. The molecule has 0 aliphatic rings. The van der Waals surface area contributed by atoms with Gasteiger partial charge in [0.05, 0.1) is 6.10 Å². The number of halogens is 1. The standard InChI is InChI=1S/C19H41NO.ClH/c1-3-4-5-6-7-8-9-10-11-12-13-14-15-16-17-19(21)18(2)20;/h18-19,21H,3-17,20H2,1-2H3;1H/t18-,19+;/m0./s1. The number of hydrogen-bond donors (Lipinski definition) is 2. The van der Waals surface area contributed by atoms with Gasteiger partial charge in [0.2, 0.25) is 0 Å². The van der Waals surface area contributed by atoms with Crippen LogP contribution in [-0.2, 0) is 0 Å². The van der Waals surface area contributed by atoms with Crippen molar-refractivity contribution in [3.8, 4) is 0 Å². The monoisotopic (exact) mass is 335 g/mol. The van der Waals surface area contributed by atoms with Crippen LogP contribution in [0.5, 0.6) is 0 Å². The second-order valence-electron chi connectivity index (χ2n) is 6.81. The molecule has 0 radical (unpaired) electrons. The molecule has 0 spiro atoms. The lowest BCUT2D eigenvalue weighted by Crippen LogP contribution is -2.31. The minimum atomic E-state index is -0.303. The summed E-state index contributed by atoms with van der Waals surface area (Å²) in [5.41, 5.74) is 5.64. The SMILES string of the molecule is CCCCCCCCCCCCCCCC[C@@H](O)[C@H](C)N.Cl. The average Bonchev–Trinajstić information content (AvgIpc) is 2.47. The first-order valence-corrected chi connectivity index (χ1v) is 9.62. The van der Waals surface area contributed by atoms with Crippen molar-refractivity contribution in [1.82, 2.24) is 0 Å². The Morgan fingerprint density at radius 1 is 0.682 bits per heavy atom. The van der Waals surface area contributed by atoms with Gasteiger partial charge in [-0.2, -0.15) is 0 Å². The minimum Gasteiger partial charge on any atom is -0.392 e. The Labute approximate surface area is 146 Å². The van der Waals surface area contributed by atoms with Gasteiger partial charge >= 0.3 is 0 Å². The van der Waals surface area contributed by atoms with Crippen molar-refractivity contribution in [2.45, 2.75) is 122 Å². The Kier molecular flexibility index (Phi) is 21.4. The van der Waals surface area contributed by atoms with E-state index in [2.05, 4.69) is 6.92 Å². The molecule has 0 aromatic rings. The second kappa shape index (κ2) is 19.3. The Hall–Kier alpha value is 0.210. The van der Waals surface area contributed by atoms with E-state index >= 15 is 0 Å². The molecule has 3 N–H and O–H groups in total. The van der Waals surface area contributed by atoms with Gasteiger partial charge in [0.15, 0.2) is 0 Å². The molecule has 0 fully saturated rings. The molecule has 0 saturated carbocycles. The molecule has 0 heterocycles. The molecule has 136 valence electrons. The molecule has 22 heavy (non-hydrogen) atoms. The minimum absolute atomic E-state index is 0. The maximum absolute atomic E-state index is 9.59. The first-order chi connectivity index (χ1) is 10.2. The van der Waals surface area contributed by atoms with Gasteiger partial charge in [-0.1, -0.05) is 96.8 Å². The highest BCUT2D eigenvalue weighted by molar-refractivity contribution is 5.85. The maximum atomic E-state index is 9.59. The van der Waals surface area contributed by atoms with Crippen LogP contribution in [0.3, 0.4) is 0 Å². The van der Waals surface area contributed by atoms with Crippen molar-refractivity contribution in [3.05, 3.63) is 0 Å². The van der Waals surface area contributed by atoms with Gasteiger partial charge in [0.25, 0.3) is 0 Å². The van der Waals surface area contributed by atoms with Gasteiger partial charge in [-0.15, -0.1) is 12.4 Å². The van der Waals surface area contributed by atoms with E-state index in [1.165, 1.54) is 83.5 Å². The summed E-state index contributed by atoms with van der Waals surface area (Å²) >= 11 is 0. The molecular weight excluding hydrogens is 294 g/mol. The van der Waals surface area contributed by atoms with Gasteiger partial charge < -0.3 is 10.8 Å². The molecule has 0 bridgehead atoms. The molecule has 0 aromatic carbocycles. The fourth-order valence-electron chi connectivity index (χ4n) is 2.81. The highest BCUT2D eigenvalue weighted by Gasteiger charge is 2.07. The topological polar surface area (TPSA) is 46.2 Å². The van der Waals surface area contributed by atoms with Crippen LogP contribution in [-0.4, -0.2) is 17.3 Å². The van der Waals surface area contributed by atoms with Crippen LogP contribution < -0.4 is 5.73 Å². The van der Waals surface area contributed by atoms with E-state index in [4.69, 9.17) is 5.73 Å². The summed E-state index contributed by atoms with van der Waals surface area (Å²) in [4.78, 5) is 0. The van der Waals surface area contributed by atoms with Crippen LogP contribution in [0.1, 0.15) is 110 Å². The maximum Gasteiger partial charge on any atom is 0.0688 e. The van der Waals surface area contributed by atoms with E-state index in [1.807, 2.05) is 6.92 Å². The summed E-state index contributed by atoms with van der Waals surface area (Å²) in [6, 6.07) is -0.0769. The van der Waals surface area contributed by atoms with Crippen molar-refractivity contribution in [3.63, 3.8) is 0 Å². The largest absolute Gasteiger partial charge is 0.392 e. The number of aliphatic hydroxyl groups is 1. The zero-order valence-corrected chi connectivity index (χ0v) is 16.0. The van der Waals surface area contributed by atoms with Gasteiger partial charge in [0, 0.05) is 6.04 Å². The number of aliphatic hydroxyl groups excluding tert-OH is 1. The molecule has 0 aromatic heterocycles. The Balaban J connectivity index is 0. The third kappa shape index (κ3) is 18.3. The quantitative estimate of drug-likeness (QED) is 0.340. The Morgan fingerprint density at radius 3 is 1.32 bits per heavy atom. The zero-order chi connectivity index (χ0) is 15.8. The lowest BCUT2D eigenvalue weighted by Gasteiger charge is -2.13. The van der Waals surface area contributed by atoms with Crippen LogP contribution in [0.2, 0.25) is 0 Å². The van der Waals surface area contributed by atoms with E-state index in [0.29, 0.717) is 0 Å². The molecule has 0 saturated heterocycles. The van der Waals surface area contributed by atoms with Crippen LogP contribution in [0.15, 0.2) is 0 Å². The molecule has 3 heteroatoms. The van der Waals surface area contributed by atoms with Gasteiger partial charge in [-0.05, 0) is 13.3 Å². The molecule has 0 aliphatic heterocycles. The predicted molar refractivity (Wildman–Crippen MR) is 102 cm³/mol. The Morgan fingerprint density at radius 2 is 1.00 bits per heavy atom. The average molecular weight is 336 g/mol. The van der Waals surface area contributed by atoms with Gasteiger partial charge in [-0.3, -0.25) is 0 Å². The predicted octanol–water partition coefficient (Wildman–Crippen LogP) is 5.99. The molecule has 2 nitrogen and oxygen atoms in total. The summed E-state index contributed by atoms with van der Waals surface area (Å²) < 4.78 is 0. The van der Waals surface area contributed by atoms with E-state index in [9.17, 15) is 5.11 Å². The van der Waals surface area contributed by atoms with Crippen molar-refractivity contribution < 1.29 is 5.11 Å². The van der Waals surface area contributed by atoms with E-state index < -0.39 is 0 Å². The first-order valence-electron chi connectivity index (χ1n) is 9.62. The summed E-state index contributed by atoms with van der Waals surface area (Å²) in [5.74, 6) is 0. The molecule has 0 rings (SSSR count). The second-order valence-corrected chi connectivity index (χ2v) is 6.81. The highest BCUT2D eigenvalue weighted by Crippen LogP contribution is 2.13. The summed E-state index contributed by atoms with van der Waals surface area (Å²) in [7, 11) is 0. The molecular formula is C19H42ClNO. The van der Waals surface area contributed by atoms with Gasteiger partial charge in [-0.25, -0.2) is 0 Å². The number of unbranched alkanes of at least 4 members (excludes halogenated alkanes) is 13. The number of nitrogens with two attached hydrogens (primary N) is 1. The molecule has 0 unspecified atom stereocenters.